The Labute approximate surface area is 137 Å². The van der Waals surface area contributed by atoms with E-state index >= 15 is 0 Å². The van der Waals surface area contributed by atoms with E-state index in [4.69, 9.17) is 4.74 Å². The average Bonchev–Trinajstić information content (AvgIpc) is 2.63. The number of anilines is 1. The highest BCUT2D eigenvalue weighted by Gasteiger charge is 2.22. The Bertz CT molecular complexity index is 648. The fraction of sp³-hybridized carbons (Fsp3) is 0.556. The molecule has 2 aliphatic heterocycles. The standard InChI is InChI=1S/C18H24N4O/c1-2-18-16(12-19-14-20-18)11-17(1)22-7-5-21(6-8-22)13-15-3-9-23-10-4-15/h1-2,11-12,14-15H,3-10,13H2. The molecule has 1 aromatic carbocycles. The second-order valence-corrected chi connectivity index (χ2v) is 6.61. The lowest BCUT2D eigenvalue weighted by atomic mass is 9.99. The summed E-state index contributed by atoms with van der Waals surface area (Å²) in [6.07, 6.45) is 5.96. The van der Waals surface area contributed by atoms with Crippen LogP contribution in [0.3, 0.4) is 0 Å². The summed E-state index contributed by atoms with van der Waals surface area (Å²) in [5.41, 5.74) is 2.31. The molecule has 122 valence electrons. The predicted molar refractivity (Wildman–Crippen MR) is 91.7 cm³/mol. The quantitative estimate of drug-likeness (QED) is 0.869. The minimum Gasteiger partial charge on any atom is -0.381 e. The third-order valence-electron chi connectivity index (χ3n) is 5.08. The summed E-state index contributed by atoms with van der Waals surface area (Å²) in [6.45, 7) is 7.64. The Morgan fingerprint density at radius 1 is 1.09 bits per heavy atom. The van der Waals surface area contributed by atoms with E-state index in [-0.39, 0.29) is 0 Å². The van der Waals surface area contributed by atoms with Crippen LogP contribution in [0.1, 0.15) is 12.8 Å². The summed E-state index contributed by atoms with van der Waals surface area (Å²) in [5.74, 6) is 0.827. The fourth-order valence-electron chi connectivity index (χ4n) is 3.65. The molecule has 5 heteroatoms. The molecule has 0 bridgehead atoms. The van der Waals surface area contributed by atoms with Gasteiger partial charge in [-0.3, -0.25) is 4.90 Å². The number of aromatic nitrogens is 2. The summed E-state index contributed by atoms with van der Waals surface area (Å²) in [4.78, 5) is 13.5. The first-order chi connectivity index (χ1) is 11.4. The molecule has 2 fully saturated rings. The molecule has 5 nitrogen and oxygen atoms in total. The molecule has 2 saturated heterocycles. The van der Waals surface area contributed by atoms with Crippen molar-refractivity contribution in [3.05, 3.63) is 30.7 Å². The number of nitrogens with zero attached hydrogens (tertiary/aromatic N) is 4. The largest absolute Gasteiger partial charge is 0.381 e. The zero-order valence-electron chi connectivity index (χ0n) is 13.5. The van der Waals surface area contributed by atoms with Crippen molar-refractivity contribution in [2.24, 2.45) is 5.92 Å². The van der Waals surface area contributed by atoms with Crippen molar-refractivity contribution < 1.29 is 4.74 Å². The van der Waals surface area contributed by atoms with Crippen LogP contribution >= 0.6 is 0 Å². The monoisotopic (exact) mass is 312 g/mol. The molecule has 23 heavy (non-hydrogen) atoms. The van der Waals surface area contributed by atoms with Crippen molar-refractivity contribution in [1.29, 1.82) is 0 Å². The van der Waals surface area contributed by atoms with Gasteiger partial charge < -0.3 is 9.64 Å². The van der Waals surface area contributed by atoms with E-state index in [0.29, 0.717) is 0 Å². The number of piperazine rings is 1. The molecule has 2 aromatic rings. The molecule has 0 saturated carbocycles. The van der Waals surface area contributed by atoms with Gasteiger partial charge in [-0.05, 0) is 37.0 Å². The molecular weight excluding hydrogens is 288 g/mol. The summed E-state index contributed by atoms with van der Waals surface area (Å²) in [6, 6.07) is 6.49. The van der Waals surface area contributed by atoms with Crippen molar-refractivity contribution in [2.75, 3.05) is 50.8 Å². The first-order valence-corrected chi connectivity index (χ1v) is 8.63. The Morgan fingerprint density at radius 2 is 1.91 bits per heavy atom. The Morgan fingerprint density at radius 3 is 2.74 bits per heavy atom. The average molecular weight is 312 g/mol. The van der Waals surface area contributed by atoms with Gasteiger partial charge in [0.2, 0.25) is 0 Å². The Hall–Kier alpha value is -1.72. The van der Waals surface area contributed by atoms with E-state index in [9.17, 15) is 0 Å². The molecule has 0 spiro atoms. The lowest BCUT2D eigenvalue weighted by molar-refractivity contribution is 0.0517. The van der Waals surface area contributed by atoms with Crippen molar-refractivity contribution in [3.8, 4) is 0 Å². The highest BCUT2D eigenvalue weighted by atomic mass is 16.5. The minimum absolute atomic E-state index is 0.827. The summed E-state index contributed by atoms with van der Waals surface area (Å²) in [7, 11) is 0. The molecule has 0 amide bonds. The first-order valence-electron chi connectivity index (χ1n) is 8.63. The molecule has 0 aliphatic carbocycles. The zero-order valence-corrected chi connectivity index (χ0v) is 13.5. The van der Waals surface area contributed by atoms with Crippen LogP contribution in [0.5, 0.6) is 0 Å². The maximum absolute atomic E-state index is 5.46. The van der Waals surface area contributed by atoms with Gasteiger partial charge in [-0.25, -0.2) is 9.97 Å². The van der Waals surface area contributed by atoms with Crippen LogP contribution in [-0.4, -0.2) is 60.8 Å². The molecule has 0 N–H and O–H groups in total. The van der Waals surface area contributed by atoms with E-state index in [1.165, 1.54) is 25.1 Å². The van der Waals surface area contributed by atoms with E-state index in [1.54, 1.807) is 6.33 Å². The topological polar surface area (TPSA) is 41.5 Å². The van der Waals surface area contributed by atoms with Gasteiger partial charge in [-0.2, -0.15) is 0 Å². The van der Waals surface area contributed by atoms with Gasteiger partial charge in [-0.1, -0.05) is 0 Å². The summed E-state index contributed by atoms with van der Waals surface area (Å²) >= 11 is 0. The van der Waals surface area contributed by atoms with Crippen molar-refractivity contribution in [1.82, 2.24) is 14.9 Å². The third kappa shape index (κ3) is 3.46. The number of benzene rings is 1. The summed E-state index contributed by atoms with van der Waals surface area (Å²) < 4.78 is 5.46. The fourth-order valence-corrected chi connectivity index (χ4v) is 3.65. The van der Waals surface area contributed by atoms with Crippen LogP contribution in [0, 0.1) is 5.92 Å². The molecular formula is C18H24N4O. The molecule has 2 aliphatic rings. The van der Waals surface area contributed by atoms with E-state index in [1.807, 2.05) is 6.20 Å². The van der Waals surface area contributed by atoms with Crippen LogP contribution in [0.4, 0.5) is 5.69 Å². The zero-order chi connectivity index (χ0) is 15.5. The number of rotatable bonds is 3. The molecule has 4 rings (SSSR count). The van der Waals surface area contributed by atoms with Gasteiger partial charge in [0.05, 0.1) is 5.52 Å². The van der Waals surface area contributed by atoms with E-state index < -0.39 is 0 Å². The third-order valence-corrected chi connectivity index (χ3v) is 5.08. The predicted octanol–water partition coefficient (Wildman–Crippen LogP) is 2.18. The number of hydrogen-bond acceptors (Lipinski definition) is 5. The lowest BCUT2D eigenvalue weighted by Gasteiger charge is -2.38. The molecule has 3 heterocycles. The number of hydrogen-bond donors (Lipinski definition) is 0. The SMILES string of the molecule is c1ncc2cc(N3CCN(CC4CCOCC4)CC3)ccc2n1. The van der Waals surface area contributed by atoms with Crippen LogP contribution in [0.2, 0.25) is 0 Å². The second-order valence-electron chi connectivity index (χ2n) is 6.61. The van der Waals surface area contributed by atoms with Gasteiger partial charge in [0, 0.05) is 63.2 Å². The van der Waals surface area contributed by atoms with Gasteiger partial charge in [-0.15, -0.1) is 0 Å². The van der Waals surface area contributed by atoms with Crippen LogP contribution < -0.4 is 4.90 Å². The van der Waals surface area contributed by atoms with Crippen molar-refractivity contribution >= 4 is 16.6 Å². The Kier molecular flexibility index (Phi) is 4.39. The van der Waals surface area contributed by atoms with Gasteiger partial charge >= 0.3 is 0 Å². The van der Waals surface area contributed by atoms with Crippen LogP contribution in [0.15, 0.2) is 30.7 Å². The molecule has 0 atom stereocenters. The number of fused-ring (bicyclic) bond motifs is 1. The molecule has 0 unspecified atom stereocenters. The summed E-state index contributed by atoms with van der Waals surface area (Å²) in [5, 5.41) is 1.12. The smallest absolute Gasteiger partial charge is 0.116 e. The minimum atomic E-state index is 0.827. The van der Waals surface area contributed by atoms with Gasteiger partial charge in [0.15, 0.2) is 0 Å². The molecule has 1 aromatic heterocycles. The van der Waals surface area contributed by atoms with Gasteiger partial charge in [0.1, 0.15) is 6.33 Å². The van der Waals surface area contributed by atoms with Crippen molar-refractivity contribution in [3.63, 3.8) is 0 Å². The lowest BCUT2D eigenvalue weighted by Crippen LogP contribution is -2.48. The highest BCUT2D eigenvalue weighted by molar-refractivity contribution is 5.81. The van der Waals surface area contributed by atoms with Gasteiger partial charge in [0.25, 0.3) is 0 Å². The maximum atomic E-state index is 5.46. The second kappa shape index (κ2) is 6.81. The molecule has 0 radical (unpaired) electrons. The van der Waals surface area contributed by atoms with Crippen LogP contribution in [-0.2, 0) is 4.74 Å². The van der Waals surface area contributed by atoms with Crippen LogP contribution in [0.25, 0.3) is 10.9 Å². The maximum Gasteiger partial charge on any atom is 0.116 e. The Balaban J connectivity index is 1.36. The first kappa shape index (κ1) is 14.8. The van der Waals surface area contributed by atoms with E-state index in [2.05, 4.69) is 38.0 Å². The highest BCUT2D eigenvalue weighted by Crippen LogP contribution is 2.22. The normalized spacial score (nSPS) is 21.0. The number of ether oxygens (including phenoxy) is 1. The van der Waals surface area contributed by atoms with E-state index in [0.717, 1.165) is 56.2 Å². The van der Waals surface area contributed by atoms with Crippen molar-refractivity contribution in [2.45, 2.75) is 12.8 Å².